The normalized spacial score (nSPS) is 10.6. The van der Waals surface area contributed by atoms with Gasteiger partial charge in [0.25, 0.3) is 0 Å². The molecule has 3 nitrogen and oxygen atoms in total. The molecule has 0 unspecified atom stereocenters. The molecule has 1 amide bonds. The summed E-state index contributed by atoms with van der Waals surface area (Å²) < 4.78 is 5.09. The summed E-state index contributed by atoms with van der Waals surface area (Å²) >= 11 is 0. The van der Waals surface area contributed by atoms with Crippen LogP contribution in [0.15, 0.2) is 54.6 Å². The molecule has 1 N–H and O–H groups in total. The van der Waals surface area contributed by atoms with Crippen molar-refractivity contribution in [3.05, 3.63) is 71.3 Å². The number of aryl methyl sites for hydroxylation is 1. The second-order valence-electron chi connectivity index (χ2n) is 4.75. The maximum Gasteiger partial charge on any atom is 0.244 e. The molecule has 0 aliphatic heterocycles. The number of benzene rings is 2. The fraction of sp³-hybridized carbons (Fsp3) is 0.167. The topological polar surface area (TPSA) is 38.3 Å². The standard InChI is InChI=1S/C18H19NO2/c1-14-5-3-4-6-16(14)13-19-18(20)12-9-15-7-10-17(21-2)11-8-15/h3-12H,13H2,1-2H3,(H,19,20). The average molecular weight is 281 g/mol. The molecular weight excluding hydrogens is 262 g/mol. The van der Waals surface area contributed by atoms with Crippen molar-refractivity contribution in [1.82, 2.24) is 5.32 Å². The zero-order chi connectivity index (χ0) is 15.1. The van der Waals surface area contributed by atoms with Crippen molar-refractivity contribution in [3.8, 4) is 5.75 Å². The van der Waals surface area contributed by atoms with E-state index in [2.05, 4.69) is 5.32 Å². The van der Waals surface area contributed by atoms with Crippen LogP contribution in [0.3, 0.4) is 0 Å². The van der Waals surface area contributed by atoms with Crippen molar-refractivity contribution >= 4 is 12.0 Å². The highest BCUT2D eigenvalue weighted by Crippen LogP contribution is 2.12. The fourth-order valence-electron chi connectivity index (χ4n) is 1.94. The lowest BCUT2D eigenvalue weighted by atomic mass is 10.1. The highest BCUT2D eigenvalue weighted by molar-refractivity contribution is 5.91. The highest BCUT2D eigenvalue weighted by atomic mass is 16.5. The van der Waals surface area contributed by atoms with E-state index in [-0.39, 0.29) is 5.91 Å². The number of hydrogen-bond donors (Lipinski definition) is 1. The van der Waals surface area contributed by atoms with Crippen LogP contribution >= 0.6 is 0 Å². The van der Waals surface area contributed by atoms with Crippen LogP contribution in [0.1, 0.15) is 16.7 Å². The van der Waals surface area contributed by atoms with Gasteiger partial charge in [0.2, 0.25) is 5.91 Å². The van der Waals surface area contributed by atoms with Crippen LogP contribution in [0.4, 0.5) is 0 Å². The number of methoxy groups -OCH3 is 1. The van der Waals surface area contributed by atoms with Gasteiger partial charge in [0, 0.05) is 12.6 Å². The Morgan fingerprint density at radius 2 is 1.86 bits per heavy atom. The van der Waals surface area contributed by atoms with Crippen LogP contribution in [-0.4, -0.2) is 13.0 Å². The van der Waals surface area contributed by atoms with E-state index < -0.39 is 0 Å². The maximum absolute atomic E-state index is 11.8. The number of hydrogen-bond acceptors (Lipinski definition) is 2. The van der Waals surface area contributed by atoms with E-state index in [1.807, 2.05) is 55.5 Å². The van der Waals surface area contributed by atoms with Crippen LogP contribution in [0.2, 0.25) is 0 Å². The average Bonchev–Trinajstić information content (AvgIpc) is 2.52. The molecule has 2 aromatic rings. The summed E-state index contributed by atoms with van der Waals surface area (Å²) in [7, 11) is 1.63. The molecule has 3 heteroatoms. The molecule has 0 atom stereocenters. The third kappa shape index (κ3) is 4.49. The van der Waals surface area contributed by atoms with E-state index in [1.54, 1.807) is 19.3 Å². The summed E-state index contributed by atoms with van der Waals surface area (Å²) in [5, 5.41) is 2.88. The van der Waals surface area contributed by atoms with Crippen molar-refractivity contribution in [3.63, 3.8) is 0 Å². The number of rotatable bonds is 5. The van der Waals surface area contributed by atoms with Gasteiger partial charge >= 0.3 is 0 Å². The van der Waals surface area contributed by atoms with Gasteiger partial charge in [-0.05, 0) is 41.8 Å². The lowest BCUT2D eigenvalue weighted by Gasteiger charge is -2.05. The first-order valence-corrected chi connectivity index (χ1v) is 6.83. The predicted molar refractivity (Wildman–Crippen MR) is 85.1 cm³/mol. The second kappa shape index (κ2) is 7.29. The van der Waals surface area contributed by atoms with Crippen LogP contribution in [0.25, 0.3) is 6.08 Å². The Kier molecular flexibility index (Phi) is 5.16. The van der Waals surface area contributed by atoms with E-state index in [1.165, 1.54) is 5.56 Å². The second-order valence-corrected chi connectivity index (χ2v) is 4.75. The molecule has 0 fully saturated rings. The molecule has 0 heterocycles. The van der Waals surface area contributed by atoms with Gasteiger partial charge in [-0.25, -0.2) is 0 Å². The van der Waals surface area contributed by atoms with Gasteiger partial charge in [-0.15, -0.1) is 0 Å². The molecule has 108 valence electrons. The monoisotopic (exact) mass is 281 g/mol. The largest absolute Gasteiger partial charge is 0.497 e. The van der Waals surface area contributed by atoms with Gasteiger partial charge < -0.3 is 10.1 Å². The number of carbonyl (C=O) groups excluding carboxylic acids is 1. The van der Waals surface area contributed by atoms with Gasteiger partial charge in [-0.2, -0.15) is 0 Å². The molecule has 2 aromatic carbocycles. The molecule has 0 aliphatic rings. The highest BCUT2D eigenvalue weighted by Gasteiger charge is 1.99. The lowest BCUT2D eigenvalue weighted by molar-refractivity contribution is -0.116. The molecule has 0 bridgehead atoms. The maximum atomic E-state index is 11.8. The van der Waals surface area contributed by atoms with Gasteiger partial charge in [0.05, 0.1) is 7.11 Å². The molecule has 0 saturated carbocycles. The van der Waals surface area contributed by atoms with Crippen LogP contribution in [0.5, 0.6) is 5.75 Å². The molecule has 0 saturated heterocycles. The molecule has 21 heavy (non-hydrogen) atoms. The molecule has 0 spiro atoms. The van der Waals surface area contributed by atoms with E-state index in [0.717, 1.165) is 16.9 Å². The number of carbonyl (C=O) groups is 1. The molecule has 0 aromatic heterocycles. The van der Waals surface area contributed by atoms with Gasteiger partial charge in [-0.1, -0.05) is 36.4 Å². The van der Waals surface area contributed by atoms with E-state index in [0.29, 0.717) is 6.54 Å². The van der Waals surface area contributed by atoms with Crippen molar-refractivity contribution in [2.45, 2.75) is 13.5 Å². The Morgan fingerprint density at radius 3 is 2.52 bits per heavy atom. The molecule has 2 rings (SSSR count). The van der Waals surface area contributed by atoms with Crippen molar-refractivity contribution in [2.24, 2.45) is 0 Å². The summed E-state index contributed by atoms with van der Waals surface area (Å²) in [6, 6.07) is 15.6. The molecule has 0 aliphatic carbocycles. The van der Waals surface area contributed by atoms with Crippen molar-refractivity contribution < 1.29 is 9.53 Å². The van der Waals surface area contributed by atoms with E-state index in [9.17, 15) is 4.79 Å². The SMILES string of the molecule is COc1ccc(C=CC(=O)NCc2ccccc2C)cc1. The van der Waals surface area contributed by atoms with E-state index >= 15 is 0 Å². The Hall–Kier alpha value is -2.55. The summed E-state index contributed by atoms with van der Waals surface area (Å²) in [6.45, 7) is 2.58. The van der Waals surface area contributed by atoms with Crippen molar-refractivity contribution in [2.75, 3.05) is 7.11 Å². The third-order valence-corrected chi connectivity index (χ3v) is 3.26. The number of amides is 1. The Morgan fingerprint density at radius 1 is 1.14 bits per heavy atom. The minimum absolute atomic E-state index is 0.103. The Balaban J connectivity index is 1.89. The van der Waals surface area contributed by atoms with E-state index in [4.69, 9.17) is 4.74 Å². The third-order valence-electron chi connectivity index (χ3n) is 3.26. The first-order valence-electron chi connectivity index (χ1n) is 6.83. The zero-order valence-corrected chi connectivity index (χ0v) is 12.3. The summed E-state index contributed by atoms with van der Waals surface area (Å²) in [5.74, 6) is 0.699. The Bertz CT molecular complexity index is 630. The summed E-state index contributed by atoms with van der Waals surface area (Å²) in [5.41, 5.74) is 3.27. The summed E-state index contributed by atoms with van der Waals surface area (Å²) in [4.78, 5) is 11.8. The summed E-state index contributed by atoms with van der Waals surface area (Å²) in [6.07, 6.45) is 3.33. The first kappa shape index (κ1) is 14.9. The van der Waals surface area contributed by atoms with Crippen LogP contribution < -0.4 is 10.1 Å². The van der Waals surface area contributed by atoms with Crippen molar-refractivity contribution in [1.29, 1.82) is 0 Å². The minimum atomic E-state index is -0.103. The van der Waals surface area contributed by atoms with Crippen LogP contribution in [0, 0.1) is 6.92 Å². The Labute approximate surface area is 125 Å². The minimum Gasteiger partial charge on any atom is -0.497 e. The van der Waals surface area contributed by atoms with Gasteiger partial charge in [0.15, 0.2) is 0 Å². The zero-order valence-electron chi connectivity index (χ0n) is 12.3. The van der Waals surface area contributed by atoms with Gasteiger partial charge in [-0.3, -0.25) is 4.79 Å². The fourth-order valence-corrected chi connectivity index (χ4v) is 1.94. The number of ether oxygens (including phenoxy) is 1. The smallest absolute Gasteiger partial charge is 0.244 e. The lowest BCUT2D eigenvalue weighted by Crippen LogP contribution is -2.20. The van der Waals surface area contributed by atoms with Gasteiger partial charge in [0.1, 0.15) is 5.75 Å². The first-order chi connectivity index (χ1) is 10.2. The van der Waals surface area contributed by atoms with Crippen LogP contribution in [-0.2, 0) is 11.3 Å². The molecular formula is C18H19NO2. The predicted octanol–water partition coefficient (Wildman–Crippen LogP) is 3.33. The molecule has 0 radical (unpaired) electrons. The number of nitrogens with one attached hydrogen (secondary N) is 1. The quantitative estimate of drug-likeness (QED) is 0.854.